The molecule has 2 N–H and O–H groups in total. The molecule has 1 atom stereocenters. The van der Waals surface area contributed by atoms with Crippen molar-refractivity contribution >= 4 is 45.1 Å². The Morgan fingerprint density at radius 2 is 2.22 bits per heavy atom. The standard InChI is InChI=1S/C19H22ClN5OS/c1-13-8-9-21-18(11-13)24-17-7-3-5-14(23-17)15-12-22-19(27-15)25(2)10-4-6-16(20)26/h3,5,7-9,11-12,19,22H,4,6,10H2,1-2H3,(H,21,23,24). The molecule has 0 fully saturated rings. The lowest BCUT2D eigenvalue weighted by Gasteiger charge is -2.23. The van der Waals surface area contributed by atoms with Crippen molar-refractivity contribution in [3.05, 3.63) is 54.0 Å². The normalized spacial score (nSPS) is 16.1. The quantitative estimate of drug-likeness (QED) is 0.647. The van der Waals surface area contributed by atoms with E-state index >= 15 is 0 Å². The van der Waals surface area contributed by atoms with Crippen LogP contribution in [0.3, 0.4) is 0 Å². The lowest BCUT2D eigenvalue weighted by Crippen LogP contribution is -2.36. The van der Waals surface area contributed by atoms with Gasteiger partial charge in [-0.3, -0.25) is 9.69 Å². The minimum atomic E-state index is -0.286. The summed E-state index contributed by atoms with van der Waals surface area (Å²) >= 11 is 7.10. The number of hydrogen-bond acceptors (Lipinski definition) is 7. The minimum absolute atomic E-state index is 0.113. The summed E-state index contributed by atoms with van der Waals surface area (Å²) in [5, 5.41) is 6.32. The van der Waals surface area contributed by atoms with E-state index in [4.69, 9.17) is 16.6 Å². The van der Waals surface area contributed by atoms with Gasteiger partial charge in [0.05, 0.1) is 10.6 Å². The van der Waals surface area contributed by atoms with Gasteiger partial charge in [-0.25, -0.2) is 9.97 Å². The average molecular weight is 404 g/mol. The summed E-state index contributed by atoms with van der Waals surface area (Å²) in [5.74, 6) is 1.53. The van der Waals surface area contributed by atoms with Crippen molar-refractivity contribution in [1.29, 1.82) is 0 Å². The van der Waals surface area contributed by atoms with Gasteiger partial charge < -0.3 is 10.6 Å². The van der Waals surface area contributed by atoms with Gasteiger partial charge in [0.2, 0.25) is 5.24 Å². The third-order valence-electron chi connectivity index (χ3n) is 4.05. The van der Waals surface area contributed by atoms with Crippen molar-refractivity contribution in [2.24, 2.45) is 0 Å². The van der Waals surface area contributed by atoms with Crippen LogP contribution in [0.5, 0.6) is 0 Å². The molecule has 6 nitrogen and oxygen atoms in total. The van der Waals surface area contributed by atoms with Crippen LogP contribution in [0.25, 0.3) is 4.91 Å². The van der Waals surface area contributed by atoms with Crippen molar-refractivity contribution in [1.82, 2.24) is 20.2 Å². The monoisotopic (exact) mass is 403 g/mol. The van der Waals surface area contributed by atoms with Crippen LogP contribution < -0.4 is 10.6 Å². The van der Waals surface area contributed by atoms with Gasteiger partial charge in [0, 0.05) is 25.4 Å². The second-order valence-corrected chi connectivity index (χ2v) is 7.88. The SMILES string of the molecule is Cc1ccnc(Nc2cccc(C3=CNC(N(C)CCCC(=O)Cl)S3)n2)c1. The van der Waals surface area contributed by atoms with E-state index in [9.17, 15) is 4.79 Å². The van der Waals surface area contributed by atoms with Gasteiger partial charge in [0.1, 0.15) is 17.1 Å². The third-order valence-corrected chi connectivity index (χ3v) is 5.54. The molecule has 8 heteroatoms. The zero-order valence-electron chi connectivity index (χ0n) is 15.3. The molecule has 3 rings (SSSR count). The smallest absolute Gasteiger partial charge is 0.221 e. The molecule has 0 bridgehead atoms. The van der Waals surface area contributed by atoms with Crippen molar-refractivity contribution in [2.45, 2.75) is 25.3 Å². The highest BCUT2D eigenvalue weighted by atomic mass is 35.5. The van der Waals surface area contributed by atoms with E-state index in [0.29, 0.717) is 6.42 Å². The number of nitrogens with zero attached hydrogens (tertiary/aromatic N) is 3. The van der Waals surface area contributed by atoms with Gasteiger partial charge >= 0.3 is 0 Å². The van der Waals surface area contributed by atoms with Gasteiger partial charge in [0.25, 0.3) is 0 Å². The minimum Gasteiger partial charge on any atom is -0.366 e. The van der Waals surface area contributed by atoms with E-state index in [1.165, 1.54) is 0 Å². The summed E-state index contributed by atoms with van der Waals surface area (Å²) < 4.78 is 0. The highest BCUT2D eigenvalue weighted by Gasteiger charge is 2.23. The zero-order valence-corrected chi connectivity index (χ0v) is 16.8. The van der Waals surface area contributed by atoms with Gasteiger partial charge in [-0.1, -0.05) is 17.8 Å². The zero-order chi connectivity index (χ0) is 19.2. The Morgan fingerprint density at radius 3 is 3.00 bits per heavy atom. The number of carbonyl (C=O) groups excluding carboxylic acids is 1. The van der Waals surface area contributed by atoms with E-state index in [2.05, 4.69) is 20.5 Å². The van der Waals surface area contributed by atoms with Gasteiger partial charge in [-0.2, -0.15) is 0 Å². The molecule has 0 aromatic carbocycles. The molecule has 1 unspecified atom stereocenters. The summed E-state index contributed by atoms with van der Waals surface area (Å²) in [6, 6.07) is 9.83. The maximum absolute atomic E-state index is 10.9. The molecule has 2 aromatic rings. The lowest BCUT2D eigenvalue weighted by atomic mass is 10.3. The van der Waals surface area contributed by atoms with Crippen LogP contribution in [-0.2, 0) is 4.79 Å². The Labute approximate surface area is 168 Å². The van der Waals surface area contributed by atoms with E-state index in [1.54, 1.807) is 18.0 Å². The molecule has 1 aliphatic rings. The highest BCUT2D eigenvalue weighted by molar-refractivity contribution is 8.09. The molecule has 0 saturated carbocycles. The van der Waals surface area contributed by atoms with E-state index in [0.717, 1.165) is 40.8 Å². The summed E-state index contributed by atoms with van der Waals surface area (Å²) in [5.41, 5.74) is 2.16. The first-order chi connectivity index (χ1) is 13.0. The van der Waals surface area contributed by atoms with E-state index in [1.807, 2.05) is 50.5 Å². The molecule has 2 aromatic heterocycles. The number of thioether (sulfide) groups is 1. The maximum Gasteiger partial charge on any atom is 0.221 e. The number of nitrogens with one attached hydrogen (secondary N) is 2. The average Bonchev–Trinajstić information content (AvgIpc) is 3.12. The van der Waals surface area contributed by atoms with Gasteiger partial charge in [0.15, 0.2) is 0 Å². The molecule has 0 radical (unpaired) electrons. The van der Waals surface area contributed by atoms with Crippen LogP contribution in [0.1, 0.15) is 24.1 Å². The first kappa shape index (κ1) is 19.7. The summed E-state index contributed by atoms with van der Waals surface area (Å²) in [6.45, 7) is 2.82. The molecule has 27 heavy (non-hydrogen) atoms. The number of hydrogen-bond donors (Lipinski definition) is 2. The summed E-state index contributed by atoms with van der Waals surface area (Å²) in [7, 11) is 2.02. The Balaban J connectivity index is 1.60. The molecule has 0 aliphatic carbocycles. The van der Waals surface area contributed by atoms with Crippen LogP contribution in [-0.4, -0.2) is 39.2 Å². The molecule has 142 valence electrons. The number of pyridine rings is 2. The summed E-state index contributed by atoms with van der Waals surface area (Å²) in [4.78, 5) is 23.1. The van der Waals surface area contributed by atoms with E-state index in [-0.39, 0.29) is 10.7 Å². The topological polar surface area (TPSA) is 70.2 Å². The number of aromatic nitrogens is 2. The van der Waals surface area contributed by atoms with Crippen molar-refractivity contribution in [2.75, 3.05) is 18.9 Å². The van der Waals surface area contributed by atoms with Crippen LogP contribution in [0.15, 0.2) is 42.7 Å². The number of carbonyl (C=O) groups is 1. The van der Waals surface area contributed by atoms with Gasteiger partial charge in [-0.05, 0) is 61.8 Å². The fraction of sp³-hybridized carbons (Fsp3) is 0.316. The van der Waals surface area contributed by atoms with Crippen molar-refractivity contribution in [3.8, 4) is 0 Å². The van der Waals surface area contributed by atoms with Crippen LogP contribution in [0, 0.1) is 6.92 Å². The molecule has 1 aliphatic heterocycles. The molecule has 0 spiro atoms. The maximum atomic E-state index is 10.9. The predicted molar refractivity (Wildman–Crippen MR) is 112 cm³/mol. The fourth-order valence-corrected chi connectivity index (χ4v) is 3.81. The predicted octanol–water partition coefficient (Wildman–Crippen LogP) is 3.92. The second-order valence-electron chi connectivity index (χ2n) is 6.34. The van der Waals surface area contributed by atoms with Crippen LogP contribution in [0.2, 0.25) is 0 Å². The Hall–Kier alpha value is -2.09. The molecule has 3 heterocycles. The fourth-order valence-electron chi connectivity index (χ4n) is 2.65. The Morgan fingerprint density at radius 1 is 1.37 bits per heavy atom. The van der Waals surface area contributed by atoms with E-state index < -0.39 is 0 Å². The number of aryl methyl sites for hydroxylation is 1. The summed E-state index contributed by atoms with van der Waals surface area (Å²) in [6.07, 6.45) is 4.90. The number of halogens is 1. The third kappa shape index (κ3) is 5.69. The first-order valence-corrected chi connectivity index (χ1v) is 9.95. The molecular weight excluding hydrogens is 382 g/mol. The second kappa shape index (κ2) is 9.21. The Kier molecular flexibility index (Phi) is 6.71. The molecule has 0 amide bonds. The van der Waals surface area contributed by atoms with Crippen LogP contribution in [0.4, 0.5) is 11.6 Å². The van der Waals surface area contributed by atoms with Crippen LogP contribution >= 0.6 is 23.4 Å². The first-order valence-electron chi connectivity index (χ1n) is 8.70. The Bertz CT molecular complexity index is 844. The van der Waals surface area contributed by atoms with Gasteiger partial charge in [-0.15, -0.1) is 0 Å². The van der Waals surface area contributed by atoms with Crippen molar-refractivity contribution < 1.29 is 4.79 Å². The lowest BCUT2D eigenvalue weighted by molar-refractivity contribution is -0.111. The number of anilines is 2. The largest absolute Gasteiger partial charge is 0.366 e. The molecule has 0 saturated heterocycles. The highest BCUT2D eigenvalue weighted by Crippen LogP contribution is 2.35. The number of rotatable bonds is 8. The van der Waals surface area contributed by atoms with Crippen molar-refractivity contribution in [3.63, 3.8) is 0 Å². The molecular formula is C19H22ClN5OS.